The van der Waals surface area contributed by atoms with E-state index in [0.29, 0.717) is 42.6 Å². The van der Waals surface area contributed by atoms with E-state index in [0.717, 1.165) is 20.9 Å². The smallest absolute Gasteiger partial charge is 0.244 e. The molecular weight excluding hydrogens is 466 g/mol. The van der Waals surface area contributed by atoms with Gasteiger partial charge < -0.3 is 10.1 Å². The van der Waals surface area contributed by atoms with Gasteiger partial charge in [-0.25, -0.2) is 13.4 Å². The lowest BCUT2D eigenvalue weighted by Crippen LogP contribution is -2.41. The Morgan fingerprint density at radius 1 is 1.25 bits per heavy atom. The highest BCUT2D eigenvalue weighted by molar-refractivity contribution is 7.99. The minimum Gasteiger partial charge on any atom is -0.494 e. The quantitative estimate of drug-likeness (QED) is 0.491. The maximum atomic E-state index is 13.1. The fourth-order valence-corrected chi connectivity index (χ4v) is 7.24. The number of ether oxygens (including phenoxy) is 1. The van der Waals surface area contributed by atoms with Crippen LogP contribution in [0.25, 0.3) is 10.2 Å². The molecule has 0 radical (unpaired) electrons. The van der Waals surface area contributed by atoms with Gasteiger partial charge in [-0.3, -0.25) is 4.79 Å². The minimum atomic E-state index is -3.58. The van der Waals surface area contributed by atoms with Crippen molar-refractivity contribution in [3.8, 4) is 5.75 Å². The van der Waals surface area contributed by atoms with E-state index in [1.54, 1.807) is 12.1 Å². The number of carbonyl (C=O) groups excluding carboxylic acids is 1. The summed E-state index contributed by atoms with van der Waals surface area (Å²) >= 11 is 2.82. The molecule has 1 aliphatic rings. The zero-order valence-electron chi connectivity index (χ0n) is 17.9. The third-order valence-corrected chi connectivity index (χ3v) is 9.23. The summed E-state index contributed by atoms with van der Waals surface area (Å²) in [6.45, 7) is 3.16. The van der Waals surface area contributed by atoms with Crippen LogP contribution < -0.4 is 10.1 Å². The third kappa shape index (κ3) is 4.78. The molecule has 32 heavy (non-hydrogen) atoms. The summed E-state index contributed by atoms with van der Waals surface area (Å²) in [5.74, 6) is 0.414. The van der Waals surface area contributed by atoms with E-state index in [-0.39, 0.29) is 11.8 Å². The number of piperidine rings is 1. The van der Waals surface area contributed by atoms with Gasteiger partial charge in [0, 0.05) is 23.9 Å². The molecule has 1 aromatic heterocycles. The molecule has 7 nitrogen and oxygen atoms in total. The van der Waals surface area contributed by atoms with Crippen molar-refractivity contribution < 1.29 is 17.9 Å². The number of amides is 1. The van der Waals surface area contributed by atoms with E-state index >= 15 is 0 Å². The molecule has 0 bridgehead atoms. The van der Waals surface area contributed by atoms with Crippen molar-refractivity contribution >= 4 is 54.4 Å². The summed E-state index contributed by atoms with van der Waals surface area (Å²) in [5, 5.41) is 3.46. The first-order valence-electron chi connectivity index (χ1n) is 10.4. The number of benzene rings is 2. The summed E-state index contributed by atoms with van der Waals surface area (Å²) < 4.78 is 34.2. The molecule has 0 spiro atoms. The van der Waals surface area contributed by atoms with Gasteiger partial charge >= 0.3 is 0 Å². The van der Waals surface area contributed by atoms with Gasteiger partial charge in [0.05, 0.1) is 21.7 Å². The zero-order valence-corrected chi connectivity index (χ0v) is 20.4. The van der Waals surface area contributed by atoms with Crippen LogP contribution in [-0.4, -0.2) is 49.6 Å². The topological polar surface area (TPSA) is 88.6 Å². The number of anilines is 1. The van der Waals surface area contributed by atoms with E-state index in [1.807, 2.05) is 43.5 Å². The third-order valence-electron chi connectivity index (χ3n) is 5.41. The predicted octanol–water partition coefficient (Wildman–Crippen LogP) is 4.46. The lowest BCUT2D eigenvalue weighted by molar-refractivity contribution is -0.120. The van der Waals surface area contributed by atoms with Gasteiger partial charge in [-0.1, -0.05) is 23.5 Å². The van der Waals surface area contributed by atoms with Gasteiger partial charge in [-0.05, 0) is 56.4 Å². The average molecular weight is 492 g/mol. The van der Waals surface area contributed by atoms with Crippen molar-refractivity contribution in [2.24, 2.45) is 5.92 Å². The molecule has 170 valence electrons. The number of nitrogens with one attached hydrogen (secondary N) is 1. The molecule has 1 amide bonds. The van der Waals surface area contributed by atoms with Crippen LogP contribution >= 0.6 is 23.1 Å². The average Bonchev–Trinajstić information content (AvgIpc) is 3.20. The Labute approximate surface area is 196 Å². The van der Waals surface area contributed by atoms with E-state index in [2.05, 4.69) is 10.3 Å². The summed E-state index contributed by atoms with van der Waals surface area (Å²) in [6, 6.07) is 12.7. The highest BCUT2D eigenvalue weighted by Crippen LogP contribution is 2.32. The maximum absolute atomic E-state index is 13.1. The van der Waals surface area contributed by atoms with Gasteiger partial charge in [-0.2, -0.15) is 4.31 Å². The van der Waals surface area contributed by atoms with E-state index < -0.39 is 10.0 Å². The predicted molar refractivity (Wildman–Crippen MR) is 129 cm³/mol. The normalized spacial score (nSPS) is 15.7. The van der Waals surface area contributed by atoms with Crippen LogP contribution in [0.2, 0.25) is 0 Å². The lowest BCUT2D eigenvalue weighted by atomic mass is 9.97. The lowest BCUT2D eigenvalue weighted by Gasteiger charge is -2.30. The van der Waals surface area contributed by atoms with Gasteiger partial charge in [0.25, 0.3) is 0 Å². The second kappa shape index (κ2) is 9.78. The van der Waals surface area contributed by atoms with Crippen molar-refractivity contribution in [2.45, 2.75) is 29.6 Å². The molecule has 1 aliphatic heterocycles. The number of thioether (sulfide) groups is 1. The Kier molecular flexibility index (Phi) is 7.04. The second-order valence-electron chi connectivity index (χ2n) is 7.40. The fourth-order valence-electron chi connectivity index (χ4n) is 3.75. The minimum absolute atomic E-state index is 0.115. The Balaban J connectivity index is 1.40. The first kappa shape index (κ1) is 23.0. The van der Waals surface area contributed by atoms with Crippen molar-refractivity contribution in [3.63, 3.8) is 0 Å². The molecule has 0 atom stereocenters. The molecular formula is C22H25N3O4S3. The number of fused-ring (bicyclic) bond motifs is 1. The fraction of sp³-hybridized carbons (Fsp3) is 0.364. The first-order chi connectivity index (χ1) is 15.4. The summed E-state index contributed by atoms with van der Waals surface area (Å²) in [4.78, 5) is 18.3. The van der Waals surface area contributed by atoms with Crippen LogP contribution in [0.15, 0.2) is 52.3 Å². The molecule has 2 heterocycles. The molecule has 2 aromatic carbocycles. The van der Waals surface area contributed by atoms with Crippen LogP contribution in [0.3, 0.4) is 0 Å². The van der Waals surface area contributed by atoms with Crippen molar-refractivity contribution in [2.75, 3.05) is 31.3 Å². The maximum Gasteiger partial charge on any atom is 0.244 e. The largest absolute Gasteiger partial charge is 0.494 e. The number of nitrogens with zero attached hydrogens (tertiary/aromatic N) is 2. The highest BCUT2D eigenvalue weighted by Gasteiger charge is 2.33. The van der Waals surface area contributed by atoms with E-state index in [1.165, 1.54) is 27.4 Å². The molecule has 1 fully saturated rings. The van der Waals surface area contributed by atoms with Crippen molar-refractivity contribution in [1.82, 2.24) is 9.29 Å². The zero-order chi connectivity index (χ0) is 22.7. The number of thiazole rings is 1. The molecule has 10 heteroatoms. The van der Waals surface area contributed by atoms with Gasteiger partial charge in [0.15, 0.2) is 5.13 Å². The number of hydrogen-bond acceptors (Lipinski definition) is 7. The van der Waals surface area contributed by atoms with E-state index in [4.69, 9.17) is 4.74 Å². The standard InChI is InChI=1S/C22H25N3O4S3/c1-3-29-16-8-9-17-19(14-16)31-22(23-17)24-21(26)15-10-12-25(13-11-15)32(27,28)20-7-5-4-6-18(20)30-2/h4-9,14-15H,3,10-13H2,1-2H3,(H,23,24,26). The van der Waals surface area contributed by atoms with Crippen LogP contribution in [0.4, 0.5) is 5.13 Å². The molecule has 0 saturated carbocycles. The molecule has 0 unspecified atom stereocenters. The Morgan fingerprint density at radius 2 is 2.00 bits per heavy atom. The SMILES string of the molecule is CCOc1ccc2nc(NC(=O)C3CCN(S(=O)(=O)c4ccccc4SC)CC3)sc2c1. The van der Waals surface area contributed by atoms with Crippen LogP contribution in [0.5, 0.6) is 5.75 Å². The molecule has 0 aliphatic carbocycles. The number of carbonyl (C=O) groups is 1. The number of rotatable bonds is 7. The van der Waals surface area contributed by atoms with Crippen LogP contribution in [0, 0.1) is 5.92 Å². The highest BCUT2D eigenvalue weighted by atomic mass is 32.2. The molecule has 1 N–H and O–H groups in total. The molecule has 3 aromatic rings. The van der Waals surface area contributed by atoms with Gasteiger partial charge in [0.2, 0.25) is 15.9 Å². The second-order valence-corrected chi connectivity index (χ2v) is 11.2. The summed E-state index contributed by atoms with van der Waals surface area (Å²) in [7, 11) is -3.58. The Hall–Kier alpha value is -2.14. The number of hydrogen-bond donors (Lipinski definition) is 1. The van der Waals surface area contributed by atoms with Gasteiger partial charge in [0.1, 0.15) is 5.75 Å². The van der Waals surface area contributed by atoms with Crippen molar-refractivity contribution in [3.05, 3.63) is 42.5 Å². The summed E-state index contributed by atoms with van der Waals surface area (Å²) in [5.41, 5.74) is 0.808. The molecule has 1 saturated heterocycles. The summed E-state index contributed by atoms with van der Waals surface area (Å²) in [6.07, 6.45) is 2.82. The Bertz CT molecular complexity index is 1220. The number of aromatic nitrogens is 1. The van der Waals surface area contributed by atoms with Crippen LogP contribution in [0.1, 0.15) is 19.8 Å². The Morgan fingerprint density at radius 3 is 2.72 bits per heavy atom. The van der Waals surface area contributed by atoms with Crippen molar-refractivity contribution in [1.29, 1.82) is 0 Å². The van der Waals surface area contributed by atoms with Crippen LogP contribution in [-0.2, 0) is 14.8 Å². The number of sulfonamides is 1. The first-order valence-corrected chi connectivity index (χ1v) is 13.9. The monoisotopic (exact) mass is 491 g/mol. The molecule has 4 rings (SSSR count). The van der Waals surface area contributed by atoms with E-state index in [9.17, 15) is 13.2 Å². The van der Waals surface area contributed by atoms with Gasteiger partial charge in [-0.15, -0.1) is 11.8 Å².